The quantitative estimate of drug-likeness (QED) is 0.583. The van der Waals surface area contributed by atoms with Crippen molar-refractivity contribution >= 4 is 34.9 Å². The van der Waals surface area contributed by atoms with Gasteiger partial charge in [0, 0.05) is 29.1 Å². The zero-order chi connectivity index (χ0) is 21.3. The van der Waals surface area contributed by atoms with Gasteiger partial charge in [-0.15, -0.1) is 0 Å². The second-order valence-electron chi connectivity index (χ2n) is 7.77. The van der Waals surface area contributed by atoms with Crippen molar-refractivity contribution in [3.63, 3.8) is 0 Å². The highest BCUT2D eigenvalue weighted by molar-refractivity contribution is 6.30. The van der Waals surface area contributed by atoms with Crippen LogP contribution in [0.1, 0.15) is 25.3 Å². The molecule has 0 aliphatic carbocycles. The number of quaternary nitrogens is 1. The molecule has 4 rings (SSSR count). The smallest absolute Gasteiger partial charge is 0.329 e. The highest BCUT2D eigenvalue weighted by Gasteiger charge is 2.52. The summed E-state index contributed by atoms with van der Waals surface area (Å²) in [6.45, 7) is 4.66. The average Bonchev–Trinajstić information content (AvgIpc) is 3.21. The number of rotatable bonds is 5. The van der Waals surface area contributed by atoms with Crippen LogP contribution in [-0.4, -0.2) is 42.7 Å². The topological polar surface area (TPSA) is 86.1 Å². The summed E-state index contributed by atoms with van der Waals surface area (Å²) in [5, 5.41) is 17.9. The molecule has 3 atom stereocenters. The van der Waals surface area contributed by atoms with Crippen molar-refractivity contribution in [2.75, 3.05) is 29.9 Å². The highest BCUT2D eigenvalue weighted by atomic mass is 35.5. The van der Waals surface area contributed by atoms with Crippen molar-refractivity contribution in [1.82, 2.24) is 5.32 Å². The van der Waals surface area contributed by atoms with Gasteiger partial charge < -0.3 is 20.6 Å². The van der Waals surface area contributed by atoms with E-state index in [0.29, 0.717) is 34.5 Å². The van der Waals surface area contributed by atoms with E-state index < -0.39 is 17.7 Å². The maximum atomic E-state index is 13.4. The Kier molecular flexibility index (Phi) is 5.69. The fourth-order valence-corrected chi connectivity index (χ4v) is 4.61. The van der Waals surface area contributed by atoms with E-state index in [9.17, 15) is 14.7 Å². The van der Waals surface area contributed by atoms with Crippen molar-refractivity contribution in [3.05, 3.63) is 59.1 Å². The lowest BCUT2D eigenvalue weighted by molar-refractivity contribution is -0.909. The number of nitrogens with one attached hydrogen (secondary N) is 3. The molecule has 1 saturated heterocycles. The van der Waals surface area contributed by atoms with E-state index in [2.05, 4.69) is 17.6 Å². The van der Waals surface area contributed by atoms with E-state index >= 15 is 0 Å². The first kappa shape index (κ1) is 20.7. The van der Waals surface area contributed by atoms with Crippen LogP contribution in [0.5, 0.6) is 0 Å². The summed E-state index contributed by atoms with van der Waals surface area (Å²) in [7, 11) is 0. The monoisotopic (exact) mass is 429 g/mol. The molecule has 0 aromatic heterocycles. The average molecular weight is 430 g/mol. The van der Waals surface area contributed by atoms with Gasteiger partial charge in [-0.3, -0.25) is 9.69 Å². The number of likely N-dealkylation sites (N-methyl/N-ethyl adjacent to an activating group) is 1. The standard InChI is InChI=1S/C22H25ClN4O3/c1-2-26-13-5-6-17(26)14-24-20(28)22(30)18-7-3-4-8-19(18)25-21(29)27(22)16-11-9-15(23)10-12-16/h3-4,7-12,17,30H,2,5-6,13-14H2,1H3,(H,24,28)(H,25,29)/p+1. The molecule has 2 heterocycles. The molecule has 2 aliphatic heterocycles. The lowest BCUT2D eigenvalue weighted by Crippen LogP contribution is -3.14. The van der Waals surface area contributed by atoms with Crippen LogP contribution in [0.2, 0.25) is 5.02 Å². The third kappa shape index (κ3) is 3.53. The second-order valence-corrected chi connectivity index (χ2v) is 8.21. The summed E-state index contributed by atoms with van der Waals surface area (Å²) < 4.78 is 0. The number of hydrogen-bond donors (Lipinski definition) is 4. The molecule has 7 nitrogen and oxygen atoms in total. The van der Waals surface area contributed by atoms with Gasteiger partial charge in [-0.2, -0.15) is 0 Å². The largest absolute Gasteiger partial charge is 0.359 e. The fraction of sp³-hybridized carbons (Fsp3) is 0.364. The molecular formula is C22H26ClN4O3+. The highest BCUT2D eigenvalue weighted by Crippen LogP contribution is 2.39. The van der Waals surface area contributed by atoms with Crippen molar-refractivity contribution in [2.45, 2.75) is 31.5 Å². The van der Waals surface area contributed by atoms with Crippen molar-refractivity contribution in [1.29, 1.82) is 0 Å². The van der Waals surface area contributed by atoms with Crippen LogP contribution in [-0.2, 0) is 10.5 Å². The predicted octanol–water partition coefficient (Wildman–Crippen LogP) is 1.72. The van der Waals surface area contributed by atoms with Crippen molar-refractivity contribution in [3.8, 4) is 0 Å². The molecule has 0 radical (unpaired) electrons. The zero-order valence-electron chi connectivity index (χ0n) is 16.8. The first-order valence-corrected chi connectivity index (χ1v) is 10.6. The molecule has 0 bridgehead atoms. The number of hydrogen-bond acceptors (Lipinski definition) is 3. The van der Waals surface area contributed by atoms with Crippen LogP contribution in [0.4, 0.5) is 16.2 Å². The molecule has 3 unspecified atom stereocenters. The molecule has 3 amide bonds. The number of amides is 3. The minimum absolute atomic E-state index is 0.305. The summed E-state index contributed by atoms with van der Waals surface area (Å²) in [4.78, 5) is 28.9. The molecule has 2 aliphatic rings. The molecule has 158 valence electrons. The number of benzene rings is 2. The molecule has 1 fully saturated rings. The lowest BCUT2D eigenvalue weighted by Gasteiger charge is -2.42. The van der Waals surface area contributed by atoms with Gasteiger partial charge in [0.15, 0.2) is 0 Å². The number of aliphatic hydroxyl groups is 1. The Labute approximate surface area is 180 Å². The SMILES string of the molecule is CC[NH+]1CCCC1CNC(=O)C1(O)c2ccccc2NC(=O)N1c1ccc(Cl)cc1. The number of carbonyl (C=O) groups is 2. The molecular weight excluding hydrogens is 404 g/mol. The Bertz CT molecular complexity index is 952. The van der Waals surface area contributed by atoms with Gasteiger partial charge in [-0.05, 0) is 37.3 Å². The van der Waals surface area contributed by atoms with Gasteiger partial charge in [0.2, 0.25) is 0 Å². The van der Waals surface area contributed by atoms with E-state index in [-0.39, 0.29) is 0 Å². The van der Waals surface area contributed by atoms with Crippen molar-refractivity contribution < 1.29 is 19.6 Å². The Morgan fingerprint density at radius 2 is 2.03 bits per heavy atom. The second kappa shape index (κ2) is 8.26. The third-order valence-corrected chi connectivity index (χ3v) is 6.32. The summed E-state index contributed by atoms with van der Waals surface area (Å²) in [6, 6.07) is 13.0. The molecule has 8 heteroatoms. The van der Waals surface area contributed by atoms with E-state index in [0.717, 1.165) is 30.8 Å². The Balaban J connectivity index is 1.70. The van der Waals surface area contributed by atoms with Crippen molar-refractivity contribution in [2.24, 2.45) is 0 Å². The number of urea groups is 1. The number of anilines is 2. The minimum Gasteiger partial charge on any atom is -0.359 e. The number of nitrogens with zero attached hydrogens (tertiary/aromatic N) is 1. The Morgan fingerprint density at radius 1 is 1.30 bits per heavy atom. The van der Waals surface area contributed by atoms with E-state index in [1.54, 1.807) is 48.5 Å². The van der Waals surface area contributed by atoms with Gasteiger partial charge in [0.25, 0.3) is 11.6 Å². The summed E-state index contributed by atoms with van der Waals surface area (Å²) in [6.07, 6.45) is 2.15. The maximum Gasteiger partial charge on any atom is 0.329 e. The van der Waals surface area contributed by atoms with Crippen LogP contribution in [0.15, 0.2) is 48.5 Å². The fourth-order valence-electron chi connectivity index (χ4n) is 4.49. The maximum absolute atomic E-state index is 13.4. The van der Waals surface area contributed by atoms with Gasteiger partial charge in [-0.1, -0.05) is 29.8 Å². The zero-order valence-corrected chi connectivity index (χ0v) is 17.6. The Hall–Kier alpha value is -2.61. The first-order chi connectivity index (χ1) is 14.4. The molecule has 2 aromatic rings. The molecule has 0 saturated carbocycles. The van der Waals surface area contributed by atoms with Gasteiger partial charge in [0.05, 0.1) is 25.3 Å². The van der Waals surface area contributed by atoms with Crippen LogP contribution >= 0.6 is 11.6 Å². The number of likely N-dealkylation sites (tertiary alicyclic amines) is 1. The lowest BCUT2D eigenvalue weighted by atomic mass is 9.94. The van der Waals surface area contributed by atoms with E-state index in [4.69, 9.17) is 11.6 Å². The van der Waals surface area contributed by atoms with Gasteiger partial charge in [0.1, 0.15) is 6.04 Å². The Morgan fingerprint density at radius 3 is 2.77 bits per heavy atom. The van der Waals surface area contributed by atoms with E-state index in [1.165, 1.54) is 4.90 Å². The van der Waals surface area contributed by atoms with E-state index in [1.807, 2.05) is 0 Å². The van der Waals surface area contributed by atoms with Crippen LogP contribution < -0.4 is 20.4 Å². The summed E-state index contributed by atoms with van der Waals surface area (Å²) >= 11 is 5.99. The summed E-state index contributed by atoms with van der Waals surface area (Å²) in [5.74, 6) is -0.623. The van der Waals surface area contributed by atoms with Crippen LogP contribution in [0, 0.1) is 0 Å². The van der Waals surface area contributed by atoms with Gasteiger partial charge >= 0.3 is 6.03 Å². The molecule has 2 aromatic carbocycles. The first-order valence-electron chi connectivity index (χ1n) is 10.3. The number of para-hydroxylation sites is 1. The third-order valence-electron chi connectivity index (χ3n) is 6.06. The minimum atomic E-state index is -2.18. The number of carbonyl (C=O) groups excluding carboxylic acids is 2. The summed E-state index contributed by atoms with van der Waals surface area (Å²) in [5.41, 5.74) is -1.08. The molecule has 4 N–H and O–H groups in total. The van der Waals surface area contributed by atoms with Crippen LogP contribution in [0.3, 0.4) is 0 Å². The number of fused-ring (bicyclic) bond motifs is 1. The number of halogens is 1. The predicted molar refractivity (Wildman–Crippen MR) is 116 cm³/mol. The van der Waals surface area contributed by atoms with Crippen LogP contribution in [0.25, 0.3) is 0 Å². The normalized spacial score (nSPS) is 25.6. The molecule has 0 spiro atoms. The van der Waals surface area contributed by atoms with Gasteiger partial charge in [-0.25, -0.2) is 4.79 Å². The molecule has 30 heavy (non-hydrogen) atoms.